The number of carbonyl (C=O) groups excluding carboxylic acids is 1. The van der Waals surface area contributed by atoms with Crippen LogP contribution in [0, 0.1) is 5.92 Å². The number of aromatic amines is 1. The molecule has 4 rings (SSSR count). The molecule has 0 saturated carbocycles. The van der Waals surface area contributed by atoms with Gasteiger partial charge in [-0.3, -0.25) is 9.59 Å². The van der Waals surface area contributed by atoms with Crippen LogP contribution < -0.4 is 19.9 Å². The van der Waals surface area contributed by atoms with E-state index in [-0.39, 0.29) is 11.1 Å². The molecule has 0 radical (unpaired) electrons. The van der Waals surface area contributed by atoms with E-state index in [4.69, 9.17) is 9.72 Å². The van der Waals surface area contributed by atoms with E-state index in [0.29, 0.717) is 35.5 Å². The Morgan fingerprint density at radius 1 is 1.14 bits per heavy atom. The summed E-state index contributed by atoms with van der Waals surface area (Å²) in [5, 5.41) is 0. The van der Waals surface area contributed by atoms with Gasteiger partial charge in [-0.2, -0.15) is 0 Å². The fourth-order valence-corrected chi connectivity index (χ4v) is 5.48. The molecule has 1 amide bonds. The highest BCUT2D eigenvalue weighted by Crippen LogP contribution is 2.38. The lowest BCUT2D eigenvalue weighted by Crippen LogP contribution is -2.41. The Bertz CT molecular complexity index is 1430. The van der Waals surface area contributed by atoms with Crippen LogP contribution in [0.15, 0.2) is 58.4 Å². The normalized spacial score (nSPS) is 17.3. The second kappa shape index (κ2) is 9.14. The lowest BCUT2D eigenvalue weighted by Gasteiger charge is -2.34. The number of carbonyl (C=O) groups is 1. The first-order valence-corrected chi connectivity index (χ1v) is 12.5. The van der Waals surface area contributed by atoms with Gasteiger partial charge in [-0.25, -0.2) is 23.1 Å². The number of nitrogens with zero attached hydrogens (tertiary/aromatic N) is 3. The van der Waals surface area contributed by atoms with Gasteiger partial charge in [0.1, 0.15) is 5.82 Å². The molecule has 10 nitrogen and oxygen atoms in total. The zero-order chi connectivity index (χ0) is 25.4. The summed E-state index contributed by atoms with van der Waals surface area (Å²) in [4.78, 5) is 38.2. The fourth-order valence-electron chi connectivity index (χ4n) is 4.45. The molecule has 1 saturated heterocycles. The van der Waals surface area contributed by atoms with Crippen LogP contribution >= 0.6 is 0 Å². The van der Waals surface area contributed by atoms with Gasteiger partial charge in [-0.05, 0) is 56.5 Å². The topological polar surface area (TPSA) is 134 Å². The third-order valence-electron chi connectivity index (χ3n) is 5.94. The summed E-state index contributed by atoms with van der Waals surface area (Å²) in [5.74, 6) is 0.224. The smallest absolute Gasteiger partial charge is 0.269 e. The second-order valence-electron chi connectivity index (χ2n) is 9.16. The predicted molar refractivity (Wildman–Crippen MR) is 131 cm³/mol. The Morgan fingerprint density at radius 3 is 2.54 bits per heavy atom. The van der Waals surface area contributed by atoms with Crippen molar-refractivity contribution in [2.45, 2.75) is 37.6 Å². The van der Waals surface area contributed by atoms with Gasteiger partial charge in [-0.1, -0.05) is 13.0 Å². The number of rotatable bonds is 6. The number of ether oxygens (including phenoxy) is 1. The SMILES string of the molecule is COc1cccc(-c2ccc(C(=O)NS(=O)(=O)c3ccc[nH]c3=O)c(N3C[C@@H](C)CC3(C)C)n2)n1. The summed E-state index contributed by atoms with van der Waals surface area (Å²) >= 11 is 0. The van der Waals surface area contributed by atoms with E-state index in [9.17, 15) is 18.0 Å². The molecule has 4 heterocycles. The molecule has 1 fully saturated rings. The Hall–Kier alpha value is -3.73. The van der Waals surface area contributed by atoms with E-state index >= 15 is 0 Å². The van der Waals surface area contributed by atoms with Crippen molar-refractivity contribution in [1.29, 1.82) is 0 Å². The van der Waals surface area contributed by atoms with E-state index in [1.807, 2.05) is 9.62 Å². The summed E-state index contributed by atoms with van der Waals surface area (Å²) < 4.78 is 32.8. The molecule has 0 spiro atoms. The maximum absolute atomic E-state index is 13.3. The van der Waals surface area contributed by atoms with E-state index in [2.05, 4.69) is 30.7 Å². The van der Waals surface area contributed by atoms with Crippen molar-refractivity contribution in [3.8, 4) is 17.3 Å². The van der Waals surface area contributed by atoms with Crippen molar-refractivity contribution < 1.29 is 17.9 Å². The van der Waals surface area contributed by atoms with Crippen LogP contribution in [0.3, 0.4) is 0 Å². The van der Waals surface area contributed by atoms with Crippen molar-refractivity contribution in [3.05, 3.63) is 64.6 Å². The average molecular weight is 498 g/mol. The van der Waals surface area contributed by atoms with Gasteiger partial charge >= 0.3 is 0 Å². The van der Waals surface area contributed by atoms with E-state index in [1.54, 1.807) is 24.3 Å². The van der Waals surface area contributed by atoms with Gasteiger partial charge in [0.15, 0.2) is 4.90 Å². The Kier molecular flexibility index (Phi) is 6.37. The number of aromatic nitrogens is 3. The number of amides is 1. The molecule has 35 heavy (non-hydrogen) atoms. The first-order chi connectivity index (χ1) is 16.5. The molecule has 0 unspecified atom stereocenters. The van der Waals surface area contributed by atoms with Crippen molar-refractivity contribution in [2.24, 2.45) is 5.92 Å². The minimum Gasteiger partial charge on any atom is -0.481 e. The van der Waals surface area contributed by atoms with Crippen LogP contribution in [0.4, 0.5) is 5.82 Å². The van der Waals surface area contributed by atoms with Crippen molar-refractivity contribution in [2.75, 3.05) is 18.6 Å². The fraction of sp³-hybridized carbons (Fsp3) is 0.333. The Balaban J connectivity index is 1.79. The maximum Gasteiger partial charge on any atom is 0.269 e. The van der Waals surface area contributed by atoms with Crippen LogP contribution in [0.1, 0.15) is 37.6 Å². The number of methoxy groups -OCH3 is 1. The first-order valence-electron chi connectivity index (χ1n) is 11.1. The molecule has 0 aromatic carbocycles. The maximum atomic E-state index is 13.3. The number of hydrogen-bond donors (Lipinski definition) is 2. The third-order valence-corrected chi connectivity index (χ3v) is 7.30. The van der Waals surface area contributed by atoms with E-state index < -0.39 is 26.4 Å². The number of anilines is 1. The second-order valence-corrected chi connectivity index (χ2v) is 10.8. The summed E-state index contributed by atoms with van der Waals surface area (Å²) in [6.45, 7) is 6.86. The lowest BCUT2D eigenvalue weighted by molar-refractivity contribution is 0.0981. The zero-order valence-electron chi connectivity index (χ0n) is 19.9. The minimum absolute atomic E-state index is 0.0785. The van der Waals surface area contributed by atoms with Gasteiger partial charge in [-0.15, -0.1) is 0 Å². The van der Waals surface area contributed by atoms with Gasteiger partial charge < -0.3 is 14.6 Å². The van der Waals surface area contributed by atoms with Gasteiger partial charge in [0, 0.05) is 24.3 Å². The van der Waals surface area contributed by atoms with Crippen LogP contribution in [-0.2, 0) is 10.0 Å². The highest BCUT2D eigenvalue weighted by molar-refractivity contribution is 7.90. The molecular weight excluding hydrogens is 470 g/mol. The van der Waals surface area contributed by atoms with Crippen LogP contribution in [0.25, 0.3) is 11.4 Å². The highest BCUT2D eigenvalue weighted by atomic mass is 32.2. The van der Waals surface area contributed by atoms with Crippen molar-refractivity contribution in [1.82, 2.24) is 19.7 Å². The monoisotopic (exact) mass is 497 g/mol. The zero-order valence-corrected chi connectivity index (χ0v) is 20.7. The molecule has 0 bridgehead atoms. The third kappa shape index (κ3) is 4.90. The number of hydrogen-bond acceptors (Lipinski definition) is 8. The molecule has 1 atom stereocenters. The Morgan fingerprint density at radius 2 is 1.89 bits per heavy atom. The van der Waals surface area contributed by atoms with Gasteiger partial charge in [0.05, 0.1) is 24.1 Å². The highest BCUT2D eigenvalue weighted by Gasteiger charge is 2.39. The van der Waals surface area contributed by atoms with Crippen molar-refractivity contribution >= 4 is 21.7 Å². The number of sulfonamides is 1. The van der Waals surface area contributed by atoms with E-state index in [1.165, 1.54) is 25.4 Å². The number of nitrogens with one attached hydrogen (secondary N) is 2. The molecule has 2 N–H and O–H groups in total. The van der Waals surface area contributed by atoms with Crippen LogP contribution in [0.5, 0.6) is 5.88 Å². The van der Waals surface area contributed by atoms with Crippen LogP contribution in [0.2, 0.25) is 0 Å². The van der Waals surface area contributed by atoms with Gasteiger partial charge in [0.2, 0.25) is 5.88 Å². The molecule has 1 aliphatic heterocycles. The quantitative estimate of drug-likeness (QED) is 0.531. The molecular formula is C24H27N5O5S. The lowest BCUT2D eigenvalue weighted by atomic mass is 9.97. The standard InChI is InChI=1S/C24H27N5O5S/c1-15-13-24(2,3)29(14-15)21-16(10-11-18(27-21)17-7-5-9-20(26-17)34-4)22(30)28-35(32,33)19-8-6-12-25-23(19)31/h5-12,15H,13-14H2,1-4H3,(H,25,31)(H,28,30)/t15-/m0/s1. The molecule has 3 aromatic rings. The average Bonchev–Trinajstić information content (AvgIpc) is 3.10. The predicted octanol–water partition coefficient (Wildman–Crippen LogP) is 2.58. The van der Waals surface area contributed by atoms with Crippen molar-refractivity contribution in [3.63, 3.8) is 0 Å². The minimum atomic E-state index is -4.41. The largest absolute Gasteiger partial charge is 0.481 e. The molecule has 1 aliphatic rings. The molecule has 3 aromatic heterocycles. The first kappa shape index (κ1) is 24.4. The van der Waals surface area contributed by atoms with Gasteiger partial charge in [0.25, 0.3) is 21.5 Å². The summed E-state index contributed by atoms with van der Waals surface area (Å²) in [5.41, 5.74) is -0.00814. The van der Waals surface area contributed by atoms with Crippen LogP contribution in [-0.4, -0.2) is 48.5 Å². The number of pyridine rings is 3. The summed E-state index contributed by atoms with van der Waals surface area (Å²) in [6, 6.07) is 10.9. The summed E-state index contributed by atoms with van der Waals surface area (Å²) in [7, 11) is -2.89. The van der Waals surface area contributed by atoms with E-state index in [0.717, 1.165) is 12.5 Å². The molecule has 11 heteroatoms. The Labute approximate surface area is 203 Å². The summed E-state index contributed by atoms with van der Waals surface area (Å²) in [6.07, 6.45) is 2.18. The molecule has 0 aliphatic carbocycles. The number of H-pyrrole nitrogens is 1. The molecule has 184 valence electrons.